The molecule has 1 aliphatic carbocycles. The Hall–Kier alpha value is -0.730. The molecule has 0 spiro atoms. The summed E-state index contributed by atoms with van der Waals surface area (Å²) >= 11 is 6.51. The molecule has 3 heteroatoms. The van der Waals surface area contributed by atoms with Gasteiger partial charge in [0.25, 0.3) is 0 Å². The molecular formula is C17H27ClN2. The van der Waals surface area contributed by atoms with Gasteiger partial charge in [0.15, 0.2) is 0 Å². The van der Waals surface area contributed by atoms with Gasteiger partial charge in [-0.1, -0.05) is 30.7 Å². The Morgan fingerprint density at radius 3 is 2.55 bits per heavy atom. The number of rotatable bonds is 6. The van der Waals surface area contributed by atoms with Gasteiger partial charge in [0.2, 0.25) is 0 Å². The molecule has 1 aromatic carbocycles. The molecule has 20 heavy (non-hydrogen) atoms. The number of benzene rings is 1. The van der Waals surface area contributed by atoms with Gasteiger partial charge in [-0.15, -0.1) is 0 Å². The van der Waals surface area contributed by atoms with Crippen LogP contribution in [0.4, 0.5) is 5.69 Å². The average molecular weight is 295 g/mol. The second kappa shape index (κ2) is 6.36. The van der Waals surface area contributed by atoms with E-state index >= 15 is 0 Å². The van der Waals surface area contributed by atoms with Gasteiger partial charge in [-0.3, -0.25) is 0 Å². The first-order chi connectivity index (χ1) is 9.42. The minimum absolute atomic E-state index is 0.120. The van der Waals surface area contributed by atoms with Gasteiger partial charge in [-0.25, -0.2) is 0 Å². The number of halogens is 1. The lowest BCUT2D eigenvalue weighted by molar-refractivity contribution is 0.424. The lowest BCUT2D eigenvalue weighted by Crippen LogP contribution is -2.36. The molecule has 0 atom stereocenters. The van der Waals surface area contributed by atoms with Crippen molar-refractivity contribution in [1.29, 1.82) is 0 Å². The van der Waals surface area contributed by atoms with Crippen molar-refractivity contribution in [2.24, 2.45) is 0 Å². The summed E-state index contributed by atoms with van der Waals surface area (Å²) in [5.41, 5.74) is 2.68. The second-order valence-corrected chi connectivity index (χ2v) is 7.18. The maximum atomic E-state index is 6.51. The first-order valence-electron chi connectivity index (χ1n) is 7.71. The van der Waals surface area contributed by atoms with Crippen LogP contribution in [0.25, 0.3) is 0 Å². The lowest BCUT2D eigenvalue weighted by atomic mass is 10.1. The molecule has 1 aromatic rings. The van der Waals surface area contributed by atoms with E-state index in [1.165, 1.54) is 24.1 Å². The second-order valence-electron chi connectivity index (χ2n) is 6.78. The van der Waals surface area contributed by atoms with Crippen LogP contribution in [-0.2, 0) is 6.54 Å². The minimum Gasteiger partial charge on any atom is -0.367 e. The van der Waals surface area contributed by atoms with Gasteiger partial charge in [0.1, 0.15) is 0 Å². The van der Waals surface area contributed by atoms with E-state index in [-0.39, 0.29) is 5.54 Å². The Balaban J connectivity index is 2.25. The highest BCUT2D eigenvalue weighted by atomic mass is 35.5. The third kappa shape index (κ3) is 4.13. The largest absolute Gasteiger partial charge is 0.367 e. The first-order valence-corrected chi connectivity index (χ1v) is 8.09. The molecule has 0 aromatic heterocycles. The van der Waals surface area contributed by atoms with Crippen molar-refractivity contribution in [3.05, 3.63) is 28.8 Å². The predicted octanol–water partition coefficient (Wildman–Crippen LogP) is 4.61. The molecule has 2 rings (SSSR count). The molecule has 2 nitrogen and oxygen atoms in total. The summed E-state index contributed by atoms with van der Waals surface area (Å²) < 4.78 is 0. The van der Waals surface area contributed by atoms with Crippen molar-refractivity contribution in [1.82, 2.24) is 5.32 Å². The number of nitrogens with zero attached hydrogens (tertiary/aromatic N) is 1. The summed E-state index contributed by atoms with van der Waals surface area (Å²) in [6.45, 7) is 10.8. The summed E-state index contributed by atoms with van der Waals surface area (Å²) in [5.74, 6) is 0. The number of anilines is 1. The van der Waals surface area contributed by atoms with Gasteiger partial charge in [0.05, 0.1) is 10.7 Å². The highest BCUT2D eigenvalue weighted by Crippen LogP contribution is 2.38. The molecule has 0 radical (unpaired) electrons. The molecule has 1 saturated carbocycles. The number of nitrogens with one attached hydrogen (secondary N) is 1. The van der Waals surface area contributed by atoms with Gasteiger partial charge in [0, 0.05) is 24.7 Å². The first kappa shape index (κ1) is 15.7. The van der Waals surface area contributed by atoms with E-state index in [2.05, 4.69) is 50.0 Å². The van der Waals surface area contributed by atoms with Gasteiger partial charge >= 0.3 is 0 Å². The van der Waals surface area contributed by atoms with Crippen LogP contribution in [0.3, 0.4) is 0 Å². The Bertz CT molecular complexity index is 447. The fourth-order valence-corrected chi connectivity index (χ4v) is 2.79. The van der Waals surface area contributed by atoms with Crippen molar-refractivity contribution in [3.8, 4) is 0 Å². The zero-order chi connectivity index (χ0) is 14.8. The van der Waals surface area contributed by atoms with Gasteiger partial charge in [-0.05, 0) is 51.7 Å². The summed E-state index contributed by atoms with van der Waals surface area (Å²) in [4.78, 5) is 2.52. The Kier molecular flexibility index (Phi) is 4.98. The summed E-state index contributed by atoms with van der Waals surface area (Å²) in [7, 11) is 0. The molecule has 0 unspecified atom stereocenters. The molecule has 1 fully saturated rings. The highest BCUT2D eigenvalue weighted by Gasteiger charge is 2.31. The van der Waals surface area contributed by atoms with Crippen LogP contribution < -0.4 is 10.2 Å². The van der Waals surface area contributed by atoms with E-state index in [9.17, 15) is 0 Å². The zero-order valence-electron chi connectivity index (χ0n) is 13.2. The van der Waals surface area contributed by atoms with Crippen molar-refractivity contribution in [2.75, 3.05) is 11.4 Å². The van der Waals surface area contributed by atoms with E-state index in [4.69, 9.17) is 11.6 Å². The third-order valence-corrected chi connectivity index (χ3v) is 3.92. The van der Waals surface area contributed by atoms with Crippen molar-refractivity contribution in [2.45, 2.75) is 65.1 Å². The molecule has 0 heterocycles. The van der Waals surface area contributed by atoms with Crippen LogP contribution in [0.15, 0.2) is 18.2 Å². The quantitative estimate of drug-likeness (QED) is 0.824. The average Bonchev–Trinajstić information content (AvgIpc) is 3.17. The molecule has 0 amide bonds. The van der Waals surface area contributed by atoms with Crippen LogP contribution in [0.2, 0.25) is 5.02 Å². The lowest BCUT2D eigenvalue weighted by Gasteiger charge is -2.29. The molecule has 0 aliphatic heterocycles. The fraction of sp³-hybridized carbons (Fsp3) is 0.647. The molecule has 112 valence electrons. The SMILES string of the molecule is CCCN(c1c(Cl)cccc1CNC(C)(C)C)C1CC1. The Labute approximate surface area is 128 Å². The molecule has 0 bridgehead atoms. The summed E-state index contributed by atoms with van der Waals surface area (Å²) in [6, 6.07) is 6.97. The maximum Gasteiger partial charge on any atom is 0.0643 e. The molecular weight excluding hydrogens is 268 g/mol. The van der Waals surface area contributed by atoms with Gasteiger partial charge in [-0.2, -0.15) is 0 Å². The van der Waals surface area contributed by atoms with Crippen LogP contribution in [0.5, 0.6) is 0 Å². The standard InChI is InChI=1S/C17H27ClN2/c1-5-11-20(14-9-10-14)16-13(7-6-8-15(16)18)12-19-17(2,3)4/h6-8,14,19H,5,9-12H2,1-4H3. The topological polar surface area (TPSA) is 15.3 Å². The Morgan fingerprint density at radius 2 is 2.00 bits per heavy atom. The van der Waals surface area contributed by atoms with Crippen LogP contribution in [0, 0.1) is 0 Å². The van der Waals surface area contributed by atoms with E-state index < -0.39 is 0 Å². The monoisotopic (exact) mass is 294 g/mol. The number of hydrogen-bond acceptors (Lipinski definition) is 2. The molecule has 1 aliphatic rings. The minimum atomic E-state index is 0.120. The highest BCUT2D eigenvalue weighted by molar-refractivity contribution is 6.33. The van der Waals surface area contributed by atoms with E-state index in [1.54, 1.807) is 0 Å². The molecule has 0 saturated heterocycles. The fourth-order valence-electron chi connectivity index (χ4n) is 2.49. The normalized spacial score (nSPS) is 15.4. The van der Waals surface area contributed by atoms with Crippen molar-refractivity contribution in [3.63, 3.8) is 0 Å². The smallest absolute Gasteiger partial charge is 0.0643 e. The van der Waals surface area contributed by atoms with Crippen molar-refractivity contribution < 1.29 is 0 Å². The van der Waals surface area contributed by atoms with E-state index in [0.29, 0.717) is 6.04 Å². The summed E-state index contributed by atoms with van der Waals surface area (Å²) in [5, 5.41) is 4.46. The number of hydrogen-bond donors (Lipinski definition) is 1. The predicted molar refractivity (Wildman–Crippen MR) is 88.7 cm³/mol. The van der Waals surface area contributed by atoms with Crippen LogP contribution in [0.1, 0.15) is 52.5 Å². The summed E-state index contributed by atoms with van der Waals surface area (Å²) in [6.07, 6.45) is 3.77. The maximum absolute atomic E-state index is 6.51. The molecule has 1 N–H and O–H groups in total. The third-order valence-electron chi connectivity index (χ3n) is 3.62. The number of para-hydroxylation sites is 1. The van der Waals surface area contributed by atoms with Gasteiger partial charge < -0.3 is 10.2 Å². The van der Waals surface area contributed by atoms with E-state index in [1.807, 2.05) is 6.07 Å². The van der Waals surface area contributed by atoms with Crippen molar-refractivity contribution >= 4 is 17.3 Å². The van der Waals surface area contributed by atoms with Crippen LogP contribution in [-0.4, -0.2) is 18.1 Å². The van der Waals surface area contributed by atoms with E-state index in [0.717, 1.165) is 24.5 Å². The zero-order valence-corrected chi connectivity index (χ0v) is 13.9. The van der Waals surface area contributed by atoms with Crippen LogP contribution >= 0.6 is 11.6 Å². The Morgan fingerprint density at radius 1 is 1.30 bits per heavy atom.